The number of hydrogen-bond acceptors (Lipinski definition) is 6. The van der Waals surface area contributed by atoms with Crippen LogP contribution >= 0.6 is 24.0 Å². The number of thioether (sulfide) groups is 1. The number of fused-ring (bicyclic) bond motifs is 1. The summed E-state index contributed by atoms with van der Waals surface area (Å²) < 4.78 is 18.4. The first-order valence-corrected chi connectivity index (χ1v) is 10.8. The molecule has 1 saturated heterocycles. The average molecular weight is 393 g/mol. The molecule has 2 aliphatic heterocycles. The second-order valence-corrected chi connectivity index (χ2v) is 8.54. The van der Waals surface area contributed by atoms with Gasteiger partial charge in [0.15, 0.2) is 11.5 Å². The van der Waals surface area contributed by atoms with Crippen LogP contribution in [0, 0.1) is 5.41 Å². The maximum absolute atomic E-state index is 6.18. The van der Waals surface area contributed by atoms with E-state index in [1.54, 1.807) is 11.8 Å². The van der Waals surface area contributed by atoms with Gasteiger partial charge in [0.25, 0.3) is 6.02 Å². The lowest BCUT2D eigenvalue weighted by molar-refractivity contribution is 0.0347. The molecule has 0 N–H and O–H groups in total. The smallest absolute Gasteiger partial charge is 0.298 e. The summed E-state index contributed by atoms with van der Waals surface area (Å²) in [6, 6.07) is 6.33. The maximum Gasteiger partial charge on any atom is 0.298 e. The zero-order valence-electron chi connectivity index (χ0n) is 15.0. The van der Waals surface area contributed by atoms with Crippen molar-refractivity contribution in [1.29, 1.82) is 0 Å². The lowest BCUT2D eigenvalue weighted by atomic mass is 9.74. The number of para-hydroxylation sites is 1. The van der Waals surface area contributed by atoms with Crippen molar-refractivity contribution in [3.05, 3.63) is 18.2 Å². The second kappa shape index (κ2) is 7.64. The van der Waals surface area contributed by atoms with Crippen LogP contribution in [0.1, 0.15) is 32.1 Å². The van der Waals surface area contributed by atoms with Crippen molar-refractivity contribution in [1.82, 2.24) is 4.90 Å². The lowest BCUT2D eigenvalue weighted by Gasteiger charge is -2.45. The first-order chi connectivity index (χ1) is 12.7. The number of rotatable bonds is 1. The predicted octanol–water partition coefficient (Wildman–Crippen LogP) is 4.38. The Balaban J connectivity index is 1.64. The molecule has 1 aromatic rings. The molecule has 0 amide bonds. The summed E-state index contributed by atoms with van der Waals surface area (Å²) in [5, 5.41) is 0. The standard InChI is InChI=1S/C19H24N2O3S2/c1-26-18(25)21-12-19(8-3-2-4-9-19)13-24-17(21)20-14-6-5-7-15-16(14)23-11-10-22-15/h5-7H,2-4,8-13H2,1H3. The number of thiocarbonyl (C=S) groups is 1. The van der Waals surface area contributed by atoms with Crippen molar-refractivity contribution < 1.29 is 14.2 Å². The number of ether oxygens (including phenoxy) is 3. The van der Waals surface area contributed by atoms with Crippen LogP contribution in [0.3, 0.4) is 0 Å². The van der Waals surface area contributed by atoms with E-state index in [0.29, 0.717) is 31.6 Å². The maximum atomic E-state index is 6.18. The highest BCUT2D eigenvalue weighted by Gasteiger charge is 2.41. The van der Waals surface area contributed by atoms with E-state index in [1.807, 2.05) is 24.5 Å². The number of hydrogen-bond donors (Lipinski definition) is 0. The highest BCUT2D eigenvalue weighted by atomic mass is 32.2. The van der Waals surface area contributed by atoms with Crippen LogP contribution in [0.4, 0.5) is 5.69 Å². The van der Waals surface area contributed by atoms with Crippen molar-refractivity contribution in [2.45, 2.75) is 32.1 Å². The summed E-state index contributed by atoms with van der Waals surface area (Å²) in [4.78, 5) is 6.84. The molecular formula is C19H24N2O3S2. The molecule has 4 rings (SSSR count). The van der Waals surface area contributed by atoms with Crippen LogP contribution in [-0.4, -0.2) is 47.9 Å². The molecule has 0 bridgehead atoms. The van der Waals surface area contributed by atoms with Gasteiger partial charge in [0.2, 0.25) is 0 Å². The number of aliphatic imine (C=N–C) groups is 1. The molecule has 0 radical (unpaired) electrons. The quantitative estimate of drug-likeness (QED) is 0.661. The van der Waals surface area contributed by atoms with E-state index in [9.17, 15) is 0 Å². The third kappa shape index (κ3) is 3.51. The summed E-state index contributed by atoms with van der Waals surface area (Å²) in [5.41, 5.74) is 0.929. The molecular weight excluding hydrogens is 368 g/mol. The minimum absolute atomic E-state index is 0.201. The second-order valence-electron chi connectivity index (χ2n) is 7.10. The van der Waals surface area contributed by atoms with Crippen LogP contribution < -0.4 is 9.47 Å². The highest BCUT2D eigenvalue weighted by Crippen LogP contribution is 2.42. The molecule has 3 aliphatic rings. The zero-order valence-corrected chi connectivity index (χ0v) is 16.7. The van der Waals surface area contributed by atoms with E-state index in [4.69, 9.17) is 31.4 Å². The molecule has 140 valence electrons. The largest absolute Gasteiger partial charge is 0.486 e. The molecule has 5 nitrogen and oxygen atoms in total. The normalized spacial score (nSPS) is 23.0. The fraction of sp³-hybridized carbons (Fsp3) is 0.579. The molecule has 0 aromatic heterocycles. The van der Waals surface area contributed by atoms with Crippen LogP contribution in [-0.2, 0) is 4.74 Å². The molecule has 26 heavy (non-hydrogen) atoms. The average Bonchev–Trinajstić information content (AvgIpc) is 2.70. The summed E-state index contributed by atoms with van der Waals surface area (Å²) in [6.07, 6.45) is 8.27. The number of nitrogens with zero attached hydrogens (tertiary/aromatic N) is 2. The third-order valence-electron chi connectivity index (χ3n) is 5.30. The predicted molar refractivity (Wildman–Crippen MR) is 109 cm³/mol. The Hall–Kier alpha value is -1.47. The van der Waals surface area contributed by atoms with Gasteiger partial charge in [0.05, 0.1) is 6.61 Å². The Morgan fingerprint density at radius 2 is 1.96 bits per heavy atom. The van der Waals surface area contributed by atoms with Crippen molar-refractivity contribution in [2.75, 3.05) is 32.6 Å². The summed E-state index contributed by atoms with van der Waals surface area (Å²) in [5.74, 6) is 1.42. The van der Waals surface area contributed by atoms with Gasteiger partial charge in [-0.05, 0) is 31.2 Å². The van der Waals surface area contributed by atoms with Gasteiger partial charge in [0, 0.05) is 12.0 Å². The van der Waals surface area contributed by atoms with Crippen molar-refractivity contribution in [2.24, 2.45) is 10.4 Å². The topological polar surface area (TPSA) is 43.3 Å². The Labute approximate surface area is 164 Å². The Morgan fingerprint density at radius 3 is 2.77 bits per heavy atom. The fourth-order valence-electron chi connectivity index (χ4n) is 3.94. The zero-order chi connectivity index (χ0) is 18.0. The minimum atomic E-state index is 0.201. The van der Waals surface area contributed by atoms with Crippen LogP contribution in [0.25, 0.3) is 0 Å². The molecule has 1 aliphatic carbocycles. The molecule has 0 atom stereocenters. The van der Waals surface area contributed by atoms with Gasteiger partial charge in [-0.25, -0.2) is 0 Å². The van der Waals surface area contributed by atoms with Gasteiger partial charge in [-0.3, -0.25) is 4.90 Å². The van der Waals surface area contributed by atoms with Crippen molar-refractivity contribution in [3.8, 4) is 11.5 Å². The molecule has 2 fully saturated rings. The summed E-state index contributed by atoms with van der Waals surface area (Å²) >= 11 is 7.18. The van der Waals surface area contributed by atoms with Crippen molar-refractivity contribution in [3.63, 3.8) is 0 Å². The first-order valence-electron chi connectivity index (χ1n) is 9.16. The van der Waals surface area contributed by atoms with Gasteiger partial charge in [-0.2, -0.15) is 4.99 Å². The van der Waals surface area contributed by atoms with Crippen LogP contribution in [0.15, 0.2) is 23.2 Å². The lowest BCUT2D eigenvalue weighted by Crippen LogP contribution is -2.52. The molecule has 2 heterocycles. The van der Waals surface area contributed by atoms with Gasteiger partial charge in [-0.15, -0.1) is 0 Å². The first kappa shape index (κ1) is 17.9. The van der Waals surface area contributed by atoms with Gasteiger partial charge in [-0.1, -0.05) is 49.3 Å². The van der Waals surface area contributed by atoms with E-state index < -0.39 is 0 Å². The van der Waals surface area contributed by atoms with E-state index in [0.717, 1.165) is 22.3 Å². The Bertz CT molecular complexity index is 717. The highest BCUT2D eigenvalue weighted by molar-refractivity contribution is 8.22. The molecule has 1 aromatic carbocycles. The van der Waals surface area contributed by atoms with Crippen molar-refractivity contribution >= 4 is 40.0 Å². The Kier molecular flexibility index (Phi) is 5.27. The summed E-state index contributed by atoms with van der Waals surface area (Å²) in [6.45, 7) is 2.70. The summed E-state index contributed by atoms with van der Waals surface area (Å²) in [7, 11) is 0. The fourth-order valence-corrected chi connectivity index (χ4v) is 4.45. The van der Waals surface area contributed by atoms with E-state index in [1.165, 1.54) is 32.1 Å². The molecule has 1 spiro atoms. The van der Waals surface area contributed by atoms with Crippen LogP contribution in [0.5, 0.6) is 11.5 Å². The Morgan fingerprint density at radius 1 is 1.15 bits per heavy atom. The van der Waals surface area contributed by atoms with Gasteiger partial charge in [0.1, 0.15) is 23.2 Å². The van der Waals surface area contributed by atoms with Gasteiger partial charge >= 0.3 is 0 Å². The van der Waals surface area contributed by atoms with E-state index in [-0.39, 0.29) is 5.41 Å². The van der Waals surface area contributed by atoms with E-state index in [2.05, 4.69) is 4.90 Å². The van der Waals surface area contributed by atoms with E-state index >= 15 is 0 Å². The SMILES string of the molecule is CSC(=S)N1CC2(CCCCC2)COC1=Nc1cccc2c1OCCO2. The molecule has 7 heteroatoms. The minimum Gasteiger partial charge on any atom is -0.486 e. The molecule has 1 saturated carbocycles. The third-order valence-corrected chi connectivity index (χ3v) is 6.59. The van der Waals surface area contributed by atoms with Gasteiger partial charge < -0.3 is 14.2 Å². The monoisotopic (exact) mass is 392 g/mol. The van der Waals surface area contributed by atoms with Crippen LogP contribution in [0.2, 0.25) is 0 Å². The number of amidine groups is 1. The number of benzene rings is 1. The molecule has 0 unspecified atom stereocenters.